The van der Waals surface area contributed by atoms with E-state index in [0.29, 0.717) is 0 Å². The highest BCUT2D eigenvalue weighted by molar-refractivity contribution is 5.47. The van der Waals surface area contributed by atoms with E-state index in [1.54, 1.807) is 0 Å². The van der Waals surface area contributed by atoms with E-state index in [9.17, 15) is 4.79 Å². The molecule has 0 atom stereocenters. The SMILES string of the molecule is Cc1ccc(CN2CCN(C=O)CC2)cc1C. The van der Waals surface area contributed by atoms with Gasteiger partial charge in [-0.05, 0) is 30.5 Å². The second-order valence-corrected chi connectivity index (χ2v) is 4.84. The zero-order valence-corrected chi connectivity index (χ0v) is 10.6. The molecule has 17 heavy (non-hydrogen) atoms. The second kappa shape index (κ2) is 5.32. The molecule has 1 aliphatic rings. The van der Waals surface area contributed by atoms with Gasteiger partial charge in [-0.25, -0.2) is 0 Å². The number of carbonyl (C=O) groups is 1. The van der Waals surface area contributed by atoms with Gasteiger partial charge in [0.25, 0.3) is 0 Å². The number of hydrogen-bond acceptors (Lipinski definition) is 2. The lowest BCUT2D eigenvalue weighted by molar-refractivity contribution is -0.119. The van der Waals surface area contributed by atoms with Crippen LogP contribution in [0.25, 0.3) is 0 Å². The van der Waals surface area contributed by atoms with E-state index in [1.165, 1.54) is 16.7 Å². The fraction of sp³-hybridized carbons (Fsp3) is 0.500. The molecule has 0 saturated carbocycles. The largest absolute Gasteiger partial charge is 0.343 e. The molecule has 0 aliphatic carbocycles. The first-order valence-corrected chi connectivity index (χ1v) is 6.17. The van der Waals surface area contributed by atoms with E-state index in [2.05, 4.69) is 36.9 Å². The number of hydrogen-bond donors (Lipinski definition) is 0. The van der Waals surface area contributed by atoms with Gasteiger partial charge in [0.05, 0.1) is 0 Å². The topological polar surface area (TPSA) is 23.6 Å². The number of piperazine rings is 1. The molecule has 1 heterocycles. The van der Waals surface area contributed by atoms with Crippen LogP contribution in [0.3, 0.4) is 0 Å². The van der Waals surface area contributed by atoms with Crippen molar-refractivity contribution in [3.8, 4) is 0 Å². The molecular formula is C14H20N2O. The monoisotopic (exact) mass is 232 g/mol. The third-order valence-electron chi connectivity index (χ3n) is 3.53. The number of aryl methyl sites for hydroxylation is 2. The first-order chi connectivity index (χ1) is 8.19. The highest BCUT2D eigenvalue weighted by Crippen LogP contribution is 2.13. The summed E-state index contributed by atoms with van der Waals surface area (Å²) in [4.78, 5) is 14.9. The molecule has 0 radical (unpaired) electrons. The predicted octanol–water partition coefficient (Wildman–Crippen LogP) is 1.58. The fourth-order valence-corrected chi connectivity index (χ4v) is 2.19. The van der Waals surface area contributed by atoms with Crippen LogP contribution < -0.4 is 0 Å². The third-order valence-corrected chi connectivity index (χ3v) is 3.53. The van der Waals surface area contributed by atoms with Crippen LogP contribution >= 0.6 is 0 Å². The molecule has 2 rings (SSSR count). The van der Waals surface area contributed by atoms with Gasteiger partial charge in [-0.3, -0.25) is 9.69 Å². The molecule has 0 bridgehead atoms. The lowest BCUT2D eigenvalue weighted by Crippen LogP contribution is -2.45. The zero-order chi connectivity index (χ0) is 12.3. The van der Waals surface area contributed by atoms with Gasteiger partial charge in [-0.15, -0.1) is 0 Å². The van der Waals surface area contributed by atoms with E-state index in [4.69, 9.17) is 0 Å². The smallest absolute Gasteiger partial charge is 0.209 e. The number of carbonyl (C=O) groups excluding carboxylic acids is 1. The standard InChI is InChI=1S/C14H20N2O/c1-12-3-4-14(9-13(12)2)10-15-5-7-16(11-17)8-6-15/h3-4,9,11H,5-8,10H2,1-2H3. The molecule has 0 unspecified atom stereocenters. The highest BCUT2D eigenvalue weighted by atomic mass is 16.1. The average Bonchev–Trinajstić information content (AvgIpc) is 2.35. The van der Waals surface area contributed by atoms with E-state index >= 15 is 0 Å². The first kappa shape index (κ1) is 12.1. The van der Waals surface area contributed by atoms with Crippen molar-refractivity contribution in [3.63, 3.8) is 0 Å². The maximum absolute atomic E-state index is 10.6. The number of rotatable bonds is 3. The summed E-state index contributed by atoms with van der Waals surface area (Å²) in [6, 6.07) is 6.65. The number of amides is 1. The van der Waals surface area contributed by atoms with Crippen molar-refractivity contribution < 1.29 is 4.79 Å². The normalized spacial score (nSPS) is 17.2. The predicted molar refractivity (Wildman–Crippen MR) is 68.8 cm³/mol. The van der Waals surface area contributed by atoms with Crippen LogP contribution in [0.15, 0.2) is 18.2 Å². The molecule has 1 aromatic rings. The minimum atomic E-state index is 0.855. The Morgan fingerprint density at radius 3 is 2.41 bits per heavy atom. The fourth-order valence-electron chi connectivity index (χ4n) is 2.19. The second-order valence-electron chi connectivity index (χ2n) is 4.84. The highest BCUT2D eigenvalue weighted by Gasteiger charge is 2.15. The Balaban J connectivity index is 1.93. The molecule has 0 N–H and O–H groups in total. The van der Waals surface area contributed by atoms with Gasteiger partial charge < -0.3 is 4.90 Å². The Bertz CT molecular complexity index is 395. The zero-order valence-electron chi connectivity index (χ0n) is 10.6. The summed E-state index contributed by atoms with van der Waals surface area (Å²) in [5.74, 6) is 0. The van der Waals surface area contributed by atoms with Crippen molar-refractivity contribution in [2.75, 3.05) is 26.2 Å². The summed E-state index contributed by atoms with van der Waals surface area (Å²) in [6.07, 6.45) is 0.952. The Hall–Kier alpha value is -1.35. The van der Waals surface area contributed by atoms with Crippen molar-refractivity contribution in [1.82, 2.24) is 9.80 Å². The first-order valence-electron chi connectivity index (χ1n) is 6.17. The van der Waals surface area contributed by atoms with E-state index in [0.717, 1.165) is 39.1 Å². The van der Waals surface area contributed by atoms with Crippen molar-refractivity contribution in [2.24, 2.45) is 0 Å². The van der Waals surface area contributed by atoms with Gasteiger partial charge in [0, 0.05) is 32.7 Å². The minimum Gasteiger partial charge on any atom is -0.343 e. The minimum absolute atomic E-state index is 0.855. The van der Waals surface area contributed by atoms with Crippen LogP contribution in [0.5, 0.6) is 0 Å². The van der Waals surface area contributed by atoms with Crippen molar-refractivity contribution in [3.05, 3.63) is 34.9 Å². The van der Waals surface area contributed by atoms with Crippen molar-refractivity contribution in [1.29, 1.82) is 0 Å². The molecule has 92 valence electrons. The summed E-state index contributed by atoms with van der Waals surface area (Å²) in [5, 5.41) is 0. The van der Waals surface area contributed by atoms with Gasteiger partial charge >= 0.3 is 0 Å². The Labute approximate surface area is 103 Å². The van der Waals surface area contributed by atoms with Gasteiger partial charge in [-0.2, -0.15) is 0 Å². The van der Waals surface area contributed by atoms with Gasteiger partial charge in [-0.1, -0.05) is 18.2 Å². The molecule has 0 spiro atoms. The van der Waals surface area contributed by atoms with E-state index in [-0.39, 0.29) is 0 Å². The lowest BCUT2D eigenvalue weighted by Gasteiger charge is -2.32. The van der Waals surface area contributed by atoms with Crippen LogP contribution in [0.2, 0.25) is 0 Å². The van der Waals surface area contributed by atoms with E-state index in [1.807, 2.05) is 4.90 Å². The molecule has 1 fully saturated rings. The molecule has 1 amide bonds. The Kier molecular flexibility index (Phi) is 3.79. The van der Waals surface area contributed by atoms with Crippen LogP contribution in [0.1, 0.15) is 16.7 Å². The van der Waals surface area contributed by atoms with Crippen LogP contribution in [-0.2, 0) is 11.3 Å². The summed E-state index contributed by atoms with van der Waals surface area (Å²) in [6.45, 7) is 8.96. The molecule has 3 nitrogen and oxygen atoms in total. The number of nitrogens with zero attached hydrogens (tertiary/aromatic N) is 2. The molecule has 1 saturated heterocycles. The summed E-state index contributed by atoms with van der Waals surface area (Å²) in [5.41, 5.74) is 4.07. The molecule has 3 heteroatoms. The van der Waals surface area contributed by atoms with E-state index < -0.39 is 0 Å². The van der Waals surface area contributed by atoms with Crippen LogP contribution in [-0.4, -0.2) is 42.4 Å². The van der Waals surface area contributed by atoms with Crippen molar-refractivity contribution >= 4 is 6.41 Å². The molecular weight excluding hydrogens is 212 g/mol. The average molecular weight is 232 g/mol. The van der Waals surface area contributed by atoms with Crippen LogP contribution in [0, 0.1) is 13.8 Å². The van der Waals surface area contributed by atoms with Crippen molar-refractivity contribution in [2.45, 2.75) is 20.4 Å². The van der Waals surface area contributed by atoms with Gasteiger partial charge in [0.15, 0.2) is 0 Å². The summed E-state index contributed by atoms with van der Waals surface area (Å²) >= 11 is 0. The lowest BCUT2D eigenvalue weighted by atomic mass is 10.1. The summed E-state index contributed by atoms with van der Waals surface area (Å²) in [7, 11) is 0. The van der Waals surface area contributed by atoms with Gasteiger partial charge in [0.2, 0.25) is 6.41 Å². The Morgan fingerprint density at radius 1 is 1.12 bits per heavy atom. The third kappa shape index (κ3) is 3.07. The van der Waals surface area contributed by atoms with Gasteiger partial charge in [0.1, 0.15) is 0 Å². The number of benzene rings is 1. The molecule has 1 aromatic carbocycles. The molecule has 1 aliphatic heterocycles. The summed E-state index contributed by atoms with van der Waals surface area (Å²) < 4.78 is 0. The Morgan fingerprint density at radius 2 is 1.82 bits per heavy atom. The van der Waals surface area contributed by atoms with Crippen LogP contribution in [0.4, 0.5) is 0 Å². The molecule has 0 aromatic heterocycles. The maximum atomic E-state index is 10.6. The maximum Gasteiger partial charge on any atom is 0.209 e. The quantitative estimate of drug-likeness (QED) is 0.739.